The molecule has 0 saturated heterocycles. The molecule has 0 bridgehead atoms. The predicted molar refractivity (Wildman–Crippen MR) is 65.7 cm³/mol. The number of aromatic nitrogens is 1. The first-order valence-corrected chi connectivity index (χ1v) is 5.45. The number of hydrogen-bond acceptors (Lipinski definition) is 1. The Hall–Kier alpha value is -1.70. The van der Waals surface area contributed by atoms with Gasteiger partial charge in [-0.3, -0.25) is 4.98 Å². The minimum Gasteiger partial charge on any atom is -0.253 e. The first-order valence-electron chi connectivity index (χ1n) is 5.45. The van der Waals surface area contributed by atoms with Gasteiger partial charge in [-0.25, -0.2) is 4.39 Å². The van der Waals surface area contributed by atoms with Gasteiger partial charge in [0.05, 0.1) is 5.69 Å². The Morgan fingerprint density at radius 3 is 2.12 bits per heavy atom. The maximum absolute atomic E-state index is 12.7. The molecule has 16 heavy (non-hydrogen) atoms. The van der Waals surface area contributed by atoms with Gasteiger partial charge in [-0.15, -0.1) is 0 Å². The molecule has 2 aromatic rings. The molecule has 0 N–H and O–H groups in total. The van der Waals surface area contributed by atoms with Crippen molar-refractivity contribution in [2.75, 3.05) is 0 Å². The lowest BCUT2D eigenvalue weighted by Gasteiger charge is -2.01. The Labute approximate surface area is 96.0 Å². The minimum absolute atomic E-state index is 0.221. The molecule has 1 heterocycles. The van der Waals surface area contributed by atoms with Crippen LogP contribution >= 0.6 is 0 Å². The Kier molecular flexibility index (Phi) is 4.65. The number of aryl methyl sites for hydroxylation is 1. The van der Waals surface area contributed by atoms with E-state index in [1.165, 1.54) is 12.1 Å². The van der Waals surface area contributed by atoms with Crippen LogP contribution < -0.4 is 0 Å². The van der Waals surface area contributed by atoms with Crippen molar-refractivity contribution in [1.29, 1.82) is 0 Å². The molecule has 0 atom stereocenters. The average Bonchev–Trinajstić information content (AvgIpc) is 2.32. The monoisotopic (exact) mass is 217 g/mol. The van der Waals surface area contributed by atoms with E-state index in [2.05, 4.69) is 4.98 Å². The summed E-state index contributed by atoms with van der Waals surface area (Å²) >= 11 is 0. The third-order valence-corrected chi connectivity index (χ3v) is 2.03. The number of benzene rings is 1. The lowest BCUT2D eigenvalue weighted by Crippen LogP contribution is -1.85. The highest BCUT2D eigenvalue weighted by atomic mass is 19.1. The van der Waals surface area contributed by atoms with Crippen LogP contribution in [0, 0.1) is 12.7 Å². The number of hydrogen-bond donors (Lipinski definition) is 0. The molecule has 0 aliphatic rings. The fourth-order valence-electron chi connectivity index (χ4n) is 1.32. The van der Waals surface area contributed by atoms with E-state index in [-0.39, 0.29) is 5.82 Å². The lowest BCUT2D eigenvalue weighted by molar-refractivity contribution is 0.628. The van der Waals surface area contributed by atoms with Crippen molar-refractivity contribution < 1.29 is 4.39 Å². The quantitative estimate of drug-likeness (QED) is 0.696. The van der Waals surface area contributed by atoms with Crippen LogP contribution in [0.3, 0.4) is 0 Å². The van der Waals surface area contributed by atoms with Gasteiger partial charge in [0.2, 0.25) is 0 Å². The summed E-state index contributed by atoms with van der Waals surface area (Å²) in [5, 5.41) is 0. The van der Waals surface area contributed by atoms with Gasteiger partial charge in [-0.05, 0) is 43.3 Å². The summed E-state index contributed by atoms with van der Waals surface area (Å²) < 4.78 is 12.7. The molecule has 2 heteroatoms. The topological polar surface area (TPSA) is 12.9 Å². The molecule has 0 amide bonds. The molecule has 1 nitrogen and oxygen atoms in total. The van der Waals surface area contributed by atoms with Crippen LogP contribution in [0.15, 0.2) is 42.5 Å². The zero-order chi connectivity index (χ0) is 12.0. The van der Waals surface area contributed by atoms with Crippen molar-refractivity contribution in [3.8, 4) is 11.3 Å². The molecule has 0 aliphatic carbocycles. The summed E-state index contributed by atoms with van der Waals surface area (Å²) in [5.74, 6) is -0.221. The Bertz CT molecular complexity index is 435. The minimum atomic E-state index is -0.221. The second-order valence-electron chi connectivity index (χ2n) is 3.17. The zero-order valence-corrected chi connectivity index (χ0v) is 9.87. The van der Waals surface area contributed by atoms with Crippen LogP contribution in [0.5, 0.6) is 0 Å². The third kappa shape index (κ3) is 3.16. The summed E-state index contributed by atoms with van der Waals surface area (Å²) in [5.41, 5.74) is 2.78. The van der Waals surface area contributed by atoms with Crippen LogP contribution in [0.2, 0.25) is 0 Å². The molecule has 0 spiro atoms. The van der Waals surface area contributed by atoms with Crippen LogP contribution in [0.1, 0.15) is 19.5 Å². The molecule has 1 aromatic carbocycles. The van der Waals surface area contributed by atoms with Gasteiger partial charge in [-0.1, -0.05) is 19.9 Å². The molecule has 0 aliphatic heterocycles. The molecular formula is C14H16FN. The summed E-state index contributed by atoms with van der Waals surface area (Å²) in [6, 6.07) is 12.2. The van der Waals surface area contributed by atoms with Crippen molar-refractivity contribution in [1.82, 2.24) is 4.98 Å². The number of nitrogens with zero attached hydrogens (tertiary/aromatic N) is 1. The summed E-state index contributed by atoms with van der Waals surface area (Å²) in [6.07, 6.45) is 0. The van der Waals surface area contributed by atoms with E-state index in [1.807, 2.05) is 39.0 Å². The van der Waals surface area contributed by atoms with Crippen LogP contribution in [-0.2, 0) is 0 Å². The van der Waals surface area contributed by atoms with E-state index in [0.717, 1.165) is 17.0 Å². The zero-order valence-electron chi connectivity index (χ0n) is 9.87. The van der Waals surface area contributed by atoms with Crippen molar-refractivity contribution >= 4 is 0 Å². The van der Waals surface area contributed by atoms with E-state index >= 15 is 0 Å². The highest BCUT2D eigenvalue weighted by Gasteiger charge is 1.98. The molecular weight excluding hydrogens is 201 g/mol. The molecule has 0 radical (unpaired) electrons. The van der Waals surface area contributed by atoms with E-state index < -0.39 is 0 Å². The summed E-state index contributed by atoms with van der Waals surface area (Å²) in [6.45, 7) is 5.94. The number of pyridine rings is 1. The molecule has 0 saturated carbocycles. The largest absolute Gasteiger partial charge is 0.253 e. The smallest absolute Gasteiger partial charge is 0.123 e. The molecule has 0 fully saturated rings. The first kappa shape index (κ1) is 12.4. The maximum Gasteiger partial charge on any atom is 0.123 e. The molecule has 84 valence electrons. The van der Waals surface area contributed by atoms with Gasteiger partial charge in [-0.2, -0.15) is 0 Å². The second kappa shape index (κ2) is 6.01. The van der Waals surface area contributed by atoms with Gasteiger partial charge >= 0.3 is 0 Å². The predicted octanol–water partition coefficient (Wildman–Crippen LogP) is 4.22. The van der Waals surface area contributed by atoms with E-state index in [9.17, 15) is 4.39 Å². The van der Waals surface area contributed by atoms with Gasteiger partial charge in [0.1, 0.15) is 5.82 Å². The summed E-state index contributed by atoms with van der Waals surface area (Å²) in [7, 11) is 0. The highest BCUT2D eigenvalue weighted by Crippen LogP contribution is 2.17. The molecule has 2 rings (SSSR count). The van der Waals surface area contributed by atoms with Crippen LogP contribution in [0.4, 0.5) is 4.39 Å². The number of halogens is 1. The second-order valence-corrected chi connectivity index (χ2v) is 3.17. The highest BCUT2D eigenvalue weighted by molar-refractivity contribution is 5.58. The Morgan fingerprint density at radius 1 is 0.938 bits per heavy atom. The number of rotatable bonds is 1. The first-order chi connectivity index (χ1) is 7.75. The third-order valence-electron chi connectivity index (χ3n) is 2.03. The van der Waals surface area contributed by atoms with Crippen molar-refractivity contribution in [3.63, 3.8) is 0 Å². The van der Waals surface area contributed by atoms with Gasteiger partial charge in [0.15, 0.2) is 0 Å². The van der Waals surface area contributed by atoms with Crippen LogP contribution in [0.25, 0.3) is 11.3 Å². The van der Waals surface area contributed by atoms with Crippen molar-refractivity contribution in [3.05, 3.63) is 54.0 Å². The van der Waals surface area contributed by atoms with E-state index in [1.54, 1.807) is 12.1 Å². The van der Waals surface area contributed by atoms with Gasteiger partial charge in [0.25, 0.3) is 0 Å². The van der Waals surface area contributed by atoms with E-state index in [0.29, 0.717) is 0 Å². The average molecular weight is 217 g/mol. The van der Waals surface area contributed by atoms with Gasteiger partial charge in [0, 0.05) is 11.3 Å². The Balaban J connectivity index is 0.000000606. The lowest BCUT2D eigenvalue weighted by atomic mass is 10.1. The van der Waals surface area contributed by atoms with Gasteiger partial charge < -0.3 is 0 Å². The fourth-order valence-corrected chi connectivity index (χ4v) is 1.32. The van der Waals surface area contributed by atoms with Crippen LogP contribution in [-0.4, -0.2) is 4.98 Å². The van der Waals surface area contributed by atoms with Crippen molar-refractivity contribution in [2.24, 2.45) is 0 Å². The summed E-state index contributed by atoms with van der Waals surface area (Å²) in [4.78, 5) is 4.35. The Morgan fingerprint density at radius 2 is 1.56 bits per heavy atom. The SMILES string of the molecule is CC.Cc1cccc(-c2ccc(F)cc2)n1. The standard InChI is InChI=1S/C12H10FN.C2H6/c1-9-3-2-4-12(14-9)10-5-7-11(13)8-6-10;1-2/h2-8H,1H3;1-2H3. The molecule has 0 unspecified atom stereocenters. The maximum atomic E-state index is 12.7. The normalized spacial score (nSPS) is 9.25. The van der Waals surface area contributed by atoms with Crippen molar-refractivity contribution in [2.45, 2.75) is 20.8 Å². The molecule has 1 aromatic heterocycles. The van der Waals surface area contributed by atoms with E-state index in [4.69, 9.17) is 0 Å². The fraction of sp³-hybridized carbons (Fsp3) is 0.214.